The monoisotopic (exact) mass is 485 g/mol. The summed E-state index contributed by atoms with van der Waals surface area (Å²) in [6.07, 6.45) is 7.98. The van der Waals surface area contributed by atoms with Gasteiger partial charge in [-0.2, -0.15) is 0 Å². The van der Waals surface area contributed by atoms with Crippen molar-refractivity contribution in [1.82, 2.24) is 4.57 Å². The summed E-state index contributed by atoms with van der Waals surface area (Å²) in [7, 11) is 0. The Balaban J connectivity index is 1.10. The van der Waals surface area contributed by atoms with E-state index in [1.807, 2.05) is 0 Å². The Labute approximate surface area is 219 Å². The lowest BCUT2D eigenvalue weighted by Gasteiger charge is -2.18. The van der Waals surface area contributed by atoms with Crippen molar-refractivity contribution >= 4 is 49.2 Å². The van der Waals surface area contributed by atoms with E-state index in [2.05, 4.69) is 126 Å². The van der Waals surface area contributed by atoms with Gasteiger partial charge in [-0.15, -0.1) is 0 Å². The smallest absolute Gasteiger partial charge is 0.143 e. The van der Waals surface area contributed by atoms with Crippen molar-refractivity contribution in [2.45, 2.75) is 12.3 Å². The molecule has 5 aromatic carbocycles. The number of allylic oxidation sites excluding steroid dienone is 4. The molecule has 2 aliphatic carbocycles. The molecule has 178 valence electrons. The highest BCUT2D eigenvalue weighted by Gasteiger charge is 2.28. The Morgan fingerprint density at radius 2 is 1.42 bits per heavy atom. The van der Waals surface area contributed by atoms with Crippen molar-refractivity contribution in [3.8, 4) is 22.5 Å². The van der Waals surface area contributed by atoms with Crippen LogP contribution in [0.1, 0.15) is 17.9 Å². The molecular weight excluding hydrogens is 462 g/mol. The van der Waals surface area contributed by atoms with Crippen molar-refractivity contribution in [3.63, 3.8) is 0 Å². The molecule has 2 aliphatic rings. The van der Waals surface area contributed by atoms with E-state index in [-0.39, 0.29) is 0 Å². The highest BCUT2D eigenvalue weighted by atomic mass is 16.3. The predicted molar refractivity (Wildman–Crippen MR) is 158 cm³/mol. The molecule has 0 spiro atoms. The summed E-state index contributed by atoms with van der Waals surface area (Å²) in [6.45, 7) is 0. The van der Waals surface area contributed by atoms with Crippen molar-refractivity contribution in [1.29, 1.82) is 0 Å². The summed E-state index contributed by atoms with van der Waals surface area (Å²) in [5.74, 6) is 1.34. The zero-order valence-corrected chi connectivity index (χ0v) is 20.7. The van der Waals surface area contributed by atoms with Gasteiger partial charge < -0.3 is 8.98 Å². The van der Waals surface area contributed by atoms with E-state index in [1.54, 1.807) is 0 Å². The van der Waals surface area contributed by atoms with Crippen LogP contribution in [0.4, 0.5) is 0 Å². The lowest BCUT2D eigenvalue weighted by molar-refractivity contribution is 0.633. The minimum atomic E-state index is 0.326. The molecule has 0 fully saturated rings. The number of rotatable bonds is 2. The zero-order chi connectivity index (χ0) is 24.8. The summed E-state index contributed by atoms with van der Waals surface area (Å²) < 4.78 is 8.95. The molecule has 0 bridgehead atoms. The molecule has 0 aliphatic heterocycles. The maximum Gasteiger partial charge on any atom is 0.143 e. The van der Waals surface area contributed by atoms with Crippen LogP contribution in [-0.4, -0.2) is 4.57 Å². The molecule has 0 saturated heterocycles. The van der Waals surface area contributed by atoms with E-state index in [9.17, 15) is 0 Å². The van der Waals surface area contributed by atoms with E-state index in [4.69, 9.17) is 4.42 Å². The molecule has 7 aromatic rings. The molecule has 9 rings (SSSR count). The van der Waals surface area contributed by atoms with Crippen LogP contribution >= 0.6 is 0 Å². The highest BCUT2D eigenvalue weighted by Crippen LogP contribution is 2.52. The Hall–Kier alpha value is -4.82. The van der Waals surface area contributed by atoms with Gasteiger partial charge in [0, 0.05) is 44.3 Å². The first kappa shape index (κ1) is 20.3. The van der Waals surface area contributed by atoms with Crippen LogP contribution in [0.25, 0.3) is 71.7 Å². The van der Waals surface area contributed by atoms with E-state index in [0.29, 0.717) is 5.92 Å². The maximum absolute atomic E-state index is 6.55. The zero-order valence-electron chi connectivity index (χ0n) is 20.7. The average molecular weight is 486 g/mol. The summed E-state index contributed by atoms with van der Waals surface area (Å²) in [4.78, 5) is 0. The molecule has 2 aromatic heterocycles. The molecule has 0 amide bonds. The molecule has 0 saturated carbocycles. The first-order chi connectivity index (χ1) is 18.8. The minimum absolute atomic E-state index is 0.326. The molecule has 0 radical (unpaired) electrons. The summed E-state index contributed by atoms with van der Waals surface area (Å²) >= 11 is 0. The molecule has 38 heavy (non-hydrogen) atoms. The number of aromatic nitrogens is 1. The van der Waals surface area contributed by atoms with Gasteiger partial charge in [0.2, 0.25) is 0 Å². The van der Waals surface area contributed by atoms with Crippen molar-refractivity contribution in [2.75, 3.05) is 0 Å². The number of fused-ring (bicyclic) bond motifs is 8. The second-order valence-electron chi connectivity index (χ2n) is 10.5. The fourth-order valence-corrected chi connectivity index (χ4v) is 6.76. The molecule has 0 N–H and O–H groups in total. The lowest BCUT2D eigenvalue weighted by atomic mass is 9.90. The number of furan rings is 1. The van der Waals surface area contributed by atoms with E-state index < -0.39 is 0 Å². The first-order valence-electron chi connectivity index (χ1n) is 13.3. The van der Waals surface area contributed by atoms with E-state index in [0.717, 1.165) is 17.8 Å². The van der Waals surface area contributed by atoms with Gasteiger partial charge >= 0.3 is 0 Å². The van der Waals surface area contributed by atoms with Crippen LogP contribution in [0.5, 0.6) is 0 Å². The Morgan fingerprint density at radius 3 is 2.16 bits per heavy atom. The third kappa shape index (κ3) is 2.62. The second-order valence-corrected chi connectivity index (χ2v) is 10.5. The Bertz CT molecular complexity index is 2110. The van der Waals surface area contributed by atoms with Gasteiger partial charge in [-0.05, 0) is 47.2 Å². The van der Waals surface area contributed by atoms with Crippen molar-refractivity contribution in [3.05, 3.63) is 127 Å². The molecule has 1 unspecified atom stereocenters. The summed E-state index contributed by atoms with van der Waals surface area (Å²) in [6, 6.07) is 37.3. The first-order valence-corrected chi connectivity index (χ1v) is 13.3. The van der Waals surface area contributed by atoms with Crippen LogP contribution in [0.15, 0.2) is 126 Å². The fourth-order valence-electron chi connectivity index (χ4n) is 6.76. The largest absolute Gasteiger partial charge is 0.455 e. The maximum atomic E-state index is 6.55. The van der Waals surface area contributed by atoms with Crippen LogP contribution in [0.3, 0.4) is 0 Å². The predicted octanol–water partition coefficient (Wildman–Crippen LogP) is 9.93. The van der Waals surface area contributed by atoms with Crippen LogP contribution in [0.2, 0.25) is 0 Å². The van der Waals surface area contributed by atoms with Crippen LogP contribution in [0, 0.1) is 0 Å². The molecule has 1 atom stereocenters. The van der Waals surface area contributed by atoms with Gasteiger partial charge in [0.15, 0.2) is 0 Å². The Kier molecular flexibility index (Phi) is 3.93. The Morgan fingerprint density at radius 1 is 0.684 bits per heavy atom. The number of nitrogens with zero attached hydrogens (tertiary/aromatic N) is 1. The van der Waals surface area contributed by atoms with E-state index in [1.165, 1.54) is 65.9 Å². The third-order valence-electron chi connectivity index (χ3n) is 8.48. The molecule has 2 nitrogen and oxygen atoms in total. The fraction of sp³-hybridized carbons (Fsp3) is 0.0556. The molecule has 2 heterocycles. The molecular formula is C36H23NO. The quantitative estimate of drug-likeness (QED) is 0.238. The summed E-state index contributed by atoms with van der Waals surface area (Å²) in [5, 5.41) is 6.39. The second kappa shape index (κ2) is 7.36. The van der Waals surface area contributed by atoms with Gasteiger partial charge in [0.1, 0.15) is 11.3 Å². The average Bonchev–Trinajstić information content (AvgIpc) is 3.62. The van der Waals surface area contributed by atoms with Crippen LogP contribution in [-0.2, 0) is 0 Å². The van der Waals surface area contributed by atoms with E-state index >= 15 is 0 Å². The number of hydrogen-bond acceptors (Lipinski definition) is 1. The van der Waals surface area contributed by atoms with Gasteiger partial charge in [-0.25, -0.2) is 0 Å². The topological polar surface area (TPSA) is 18.1 Å². The highest BCUT2D eigenvalue weighted by molar-refractivity contribution is 6.20. The third-order valence-corrected chi connectivity index (χ3v) is 8.48. The van der Waals surface area contributed by atoms with Crippen LogP contribution < -0.4 is 0 Å². The van der Waals surface area contributed by atoms with Gasteiger partial charge in [-0.1, -0.05) is 97.1 Å². The van der Waals surface area contributed by atoms with Gasteiger partial charge in [0.25, 0.3) is 0 Å². The molecule has 2 heteroatoms. The van der Waals surface area contributed by atoms with Crippen molar-refractivity contribution < 1.29 is 4.42 Å². The normalized spacial score (nSPS) is 16.1. The number of hydrogen-bond donors (Lipinski definition) is 0. The lowest BCUT2D eigenvalue weighted by Crippen LogP contribution is -2.02. The minimum Gasteiger partial charge on any atom is -0.455 e. The SMILES string of the molecule is C1=CC(c2ccc3c4c(oc3c2)-c2cccc3cccc-4c23)CC=C1n1c2ccccc2c2ccccc21. The summed E-state index contributed by atoms with van der Waals surface area (Å²) in [5.41, 5.74) is 9.76. The number of para-hydroxylation sites is 2. The number of benzene rings is 5. The van der Waals surface area contributed by atoms with Gasteiger partial charge in [0.05, 0.1) is 11.0 Å². The van der Waals surface area contributed by atoms with Gasteiger partial charge in [-0.3, -0.25) is 0 Å². The van der Waals surface area contributed by atoms with Crippen molar-refractivity contribution in [2.24, 2.45) is 0 Å². The standard InChI is InChI=1S/C36H23NO/c1-3-13-31-26(9-1)27-10-2-4-14-32(27)37(31)25-18-15-22(16-19-25)24-17-20-28-33(21-24)38-36-30-12-6-8-23-7-5-11-29(34(23)30)35(28)36/h1-15,17-22H,16H2.